The number of aromatic nitrogens is 3. The van der Waals surface area contributed by atoms with Gasteiger partial charge >= 0.3 is 0 Å². The Hall–Kier alpha value is -0.230. The first kappa shape index (κ1) is 9.85. The summed E-state index contributed by atoms with van der Waals surface area (Å²) in [4.78, 5) is 3.93. The van der Waals surface area contributed by atoms with E-state index in [4.69, 9.17) is 5.73 Å². The van der Waals surface area contributed by atoms with Crippen LogP contribution in [-0.2, 0) is 6.54 Å². The molecular formula is C6H11BrN4S. The van der Waals surface area contributed by atoms with Crippen molar-refractivity contribution >= 4 is 33.6 Å². The number of rotatable bonds is 4. The van der Waals surface area contributed by atoms with E-state index in [1.807, 2.05) is 11.8 Å². The second kappa shape index (κ2) is 4.71. The van der Waals surface area contributed by atoms with E-state index in [1.165, 1.54) is 0 Å². The van der Waals surface area contributed by atoms with Crippen LogP contribution in [0.5, 0.6) is 0 Å². The predicted molar refractivity (Wildman–Crippen MR) is 55.1 cm³/mol. The third-order valence-electron chi connectivity index (χ3n) is 1.36. The fourth-order valence-corrected chi connectivity index (χ4v) is 1.70. The summed E-state index contributed by atoms with van der Waals surface area (Å²) < 4.78 is 2.48. The van der Waals surface area contributed by atoms with E-state index in [9.17, 15) is 0 Å². The van der Waals surface area contributed by atoms with Gasteiger partial charge in [0.05, 0.1) is 0 Å². The molecule has 0 radical (unpaired) electrons. The van der Waals surface area contributed by atoms with Gasteiger partial charge in [-0.05, 0) is 34.4 Å². The fourth-order valence-electron chi connectivity index (χ4n) is 0.840. The molecule has 2 N–H and O–H groups in total. The monoisotopic (exact) mass is 250 g/mol. The summed E-state index contributed by atoms with van der Waals surface area (Å²) in [7, 11) is 0. The second-order valence-electron chi connectivity index (χ2n) is 2.31. The minimum atomic E-state index is 0.325. The maximum atomic E-state index is 5.41. The largest absolute Gasteiger partial charge is 0.366 e. The van der Waals surface area contributed by atoms with Crippen LogP contribution in [0.1, 0.15) is 6.42 Å². The number of halogens is 1. The Morgan fingerprint density at radius 2 is 2.42 bits per heavy atom. The molecule has 0 aromatic carbocycles. The van der Waals surface area contributed by atoms with Crippen LogP contribution in [0.4, 0.5) is 5.95 Å². The smallest absolute Gasteiger partial charge is 0.240 e. The summed E-state index contributed by atoms with van der Waals surface area (Å²) in [6.07, 6.45) is 3.17. The maximum Gasteiger partial charge on any atom is 0.240 e. The molecule has 1 aromatic heterocycles. The zero-order valence-electron chi connectivity index (χ0n) is 6.83. The van der Waals surface area contributed by atoms with Crippen LogP contribution in [0, 0.1) is 0 Å². The van der Waals surface area contributed by atoms with E-state index < -0.39 is 0 Å². The van der Waals surface area contributed by atoms with Crippen LogP contribution in [0.2, 0.25) is 0 Å². The molecule has 0 spiro atoms. The lowest BCUT2D eigenvalue weighted by Crippen LogP contribution is -2.02. The number of nitrogens with zero attached hydrogens (tertiary/aromatic N) is 3. The first-order valence-corrected chi connectivity index (χ1v) is 5.77. The zero-order chi connectivity index (χ0) is 8.97. The molecule has 6 heteroatoms. The van der Waals surface area contributed by atoms with Crippen molar-refractivity contribution in [3.05, 3.63) is 4.73 Å². The number of nitrogens with two attached hydrogens (primary N) is 1. The summed E-state index contributed by atoms with van der Waals surface area (Å²) in [5.41, 5.74) is 5.41. The maximum absolute atomic E-state index is 5.41. The van der Waals surface area contributed by atoms with Gasteiger partial charge in [-0.1, -0.05) is 0 Å². The van der Waals surface area contributed by atoms with Crippen molar-refractivity contribution in [2.75, 3.05) is 17.7 Å². The van der Waals surface area contributed by atoms with Crippen molar-refractivity contribution in [1.29, 1.82) is 0 Å². The molecule has 0 saturated heterocycles. The average molecular weight is 251 g/mol. The van der Waals surface area contributed by atoms with Gasteiger partial charge in [0.2, 0.25) is 5.95 Å². The first-order chi connectivity index (χ1) is 5.74. The molecule has 0 aliphatic heterocycles. The Morgan fingerprint density at radius 1 is 1.67 bits per heavy atom. The highest BCUT2D eigenvalue weighted by molar-refractivity contribution is 9.10. The Kier molecular flexibility index (Phi) is 3.87. The summed E-state index contributed by atoms with van der Waals surface area (Å²) >= 11 is 5.10. The molecule has 0 saturated carbocycles. The SMILES string of the molecule is CSCCCn1nc(N)nc1Br. The van der Waals surface area contributed by atoms with E-state index >= 15 is 0 Å². The van der Waals surface area contributed by atoms with Gasteiger partial charge in [-0.15, -0.1) is 5.10 Å². The van der Waals surface area contributed by atoms with Crippen molar-refractivity contribution in [3.8, 4) is 0 Å². The van der Waals surface area contributed by atoms with Gasteiger partial charge in [-0.25, -0.2) is 4.68 Å². The topological polar surface area (TPSA) is 56.7 Å². The van der Waals surface area contributed by atoms with Crippen molar-refractivity contribution < 1.29 is 0 Å². The first-order valence-electron chi connectivity index (χ1n) is 3.59. The molecule has 0 aliphatic rings. The van der Waals surface area contributed by atoms with E-state index in [1.54, 1.807) is 4.68 Å². The van der Waals surface area contributed by atoms with Gasteiger partial charge in [-0.3, -0.25) is 0 Å². The lowest BCUT2D eigenvalue weighted by Gasteiger charge is -1.99. The number of nitrogen functional groups attached to an aromatic ring is 1. The van der Waals surface area contributed by atoms with Gasteiger partial charge in [-0.2, -0.15) is 16.7 Å². The zero-order valence-corrected chi connectivity index (χ0v) is 9.23. The minimum absolute atomic E-state index is 0.325. The van der Waals surface area contributed by atoms with Gasteiger partial charge in [0.1, 0.15) is 0 Å². The molecule has 1 rings (SSSR count). The molecule has 0 aliphatic carbocycles. The Balaban J connectivity index is 2.45. The van der Waals surface area contributed by atoms with Crippen molar-refractivity contribution in [2.45, 2.75) is 13.0 Å². The molecule has 68 valence electrons. The molecule has 0 amide bonds. The van der Waals surface area contributed by atoms with Crippen LogP contribution < -0.4 is 5.73 Å². The lowest BCUT2D eigenvalue weighted by molar-refractivity contribution is 0.593. The van der Waals surface area contributed by atoms with E-state index in [0.29, 0.717) is 10.7 Å². The van der Waals surface area contributed by atoms with Crippen LogP contribution in [-0.4, -0.2) is 26.8 Å². The summed E-state index contributed by atoms with van der Waals surface area (Å²) in [6.45, 7) is 0.867. The number of thioether (sulfide) groups is 1. The minimum Gasteiger partial charge on any atom is -0.366 e. The molecule has 0 unspecified atom stereocenters. The highest BCUT2D eigenvalue weighted by Gasteiger charge is 2.02. The third-order valence-corrected chi connectivity index (χ3v) is 2.64. The third kappa shape index (κ3) is 2.67. The highest BCUT2D eigenvalue weighted by Crippen LogP contribution is 2.09. The van der Waals surface area contributed by atoms with Gasteiger partial charge in [0.15, 0.2) is 4.73 Å². The molecule has 12 heavy (non-hydrogen) atoms. The van der Waals surface area contributed by atoms with E-state index in [-0.39, 0.29) is 0 Å². The number of aryl methyl sites for hydroxylation is 1. The number of hydrogen-bond donors (Lipinski definition) is 1. The lowest BCUT2D eigenvalue weighted by atomic mass is 10.5. The van der Waals surface area contributed by atoms with Gasteiger partial charge in [0, 0.05) is 6.54 Å². The van der Waals surface area contributed by atoms with Gasteiger partial charge in [0.25, 0.3) is 0 Å². The molecule has 1 heterocycles. The quantitative estimate of drug-likeness (QED) is 0.821. The van der Waals surface area contributed by atoms with Crippen LogP contribution >= 0.6 is 27.7 Å². The molecule has 0 atom stereocenters. The Morgan fingerprint density at radius 3 is 2.92 bits per heavy atom. The molecular weight excluding hydrogens is 240 g/mol. The number of hydrogen-bond acceptors (Lipinski definition) is 4. The standard InChI is InChI=1S/C6H11BrN4S/c1-12-4-2-3-11-5(7)9-6(8)10-11/h2-4H2,1H3,(H2,8,10). The summed E-state index contributed by atoms with van der Waals surface area (Å²) in [5.74, 6) is 1.46. The highest BCUT2D eigenvalue weighted by atomic mass is 79.9. The molecule has 4 nitrogen and oxygen atoms in total. The molecule has 1 aromatic rings. The van der Waals surface area contributed by atoms with Crippen molar-refractivity contribution in [2.24, 2.45) is 0 Å². The van der Waals surface area contributed by atoms with Gasteiger partial charge < -0.3 is 5.73 Å². The van der Waals surface area contributed by atoms with Crippen molar-refractivity contribution in [1.82, 2.24) is 14.8 Å². The Bertz CT molecular complexity index is 250. The summed E-state index contributed by atoms with van der Waals surface area (Å²) in [6, 6.07) is 0. The summed E-state index contributed by atoms with van der Waals surface area (Å²) in [5, 5.41) is 4.01. The van der Waals surface area contributed by atoms with Crippen LogP contribution in [0.25, 0.3) is 0 Å². The second-order valence-corrected chi connectivity index (χ2v) is 4.00. The number of anilines is 1. The fraction of sp³-hybridized carbons (Fsp3) is 0.667. The normalized spacial score (nSPS) is 10.5. The van der Waals surface area contributed by atoms with E-state index in [2.05, 4.69) is 32.3 Å². The van der Waals surface area contributed by atoms with E-state index in [0.717, 1.165) is 18.7 Å². The molecule has 0 bridgehead atoms. The van der Waals surface area contributed by atoms with Crippen LogP contribution in [0.3, 0.4) is 0 Å². The molecule has 0 fully saturated rings. The van der Waals surface area contributed by atoms with Crippen LogP contribution in [0.15, 0.2) is 4.73 Å². The average Bonchev–Trinajstić information content (AvgIpc) is 2.31. The van der Waals surface area contributed by atoms with Crippen molar-refractivity contribution in [3.63, 3.8) is 0 Å². The Labute approximate surface area is 84.0 Å². The predicted octanol–water partition coefficient (Wildman–Crippen LogP) is 1.38.